The third-order valence-corrected chi connectivity index (χ3v) is 6.36. The molecule has 2 amide bonds. The molecule has 0 N–H and O–H groups in total. The summed E-state index contributed by atoms with van der Waals surface area (Å²) in [6, 6.07) is 12.0. The molecule has 3 aromatic carbocycles. The fraction of sp³-hybridized carbons (Fsp3) is 0.217. The number of carbonyl (C=O) groups excluding carboxylic acids is 2. The van der Waals surface area contributed by atoms with Crippen molar-refractivity contribution in [3.63, 3.8) is 0 Å². The SMILES string of the molecule is CCCCN1C(=O)c2cccc3c(-c4ccc(Br)c(C)c4)c([N+](=O)[O-])cc(c23)C1=O. The molecule has 0 saturated heterocycles. The average molecular weight is 467 g/mol. The molecule has 0 radical (unpaired) electrons. The van der Waals surface area contributed by atoms with Crippen molar-refractivity contribution in [1.29, 1.82) is 0 Å². The fourth-order valence-corrected chi connectivity index (χ4v) is 4.21. The molecule has 1 heterocycles. The second-order valence-electron chi connectivity index (χ2n) is 7.38. The van der Waals surface area contributed by atoms with Gasteiger partial charge in [-0.3, -0.25) is 24.6 Å². The smallest absolute Gasteiger partial charge is 0.274 e. The van der Waals surface area contributed by atoms with E-state index in [0.29, 0.717) is 40.4 Å². The molecule has 4 rings (SSSR count). The molecule has 0 saturated carbocycles. The van der Waals surface area contributed by atoms with Crippen LogP contribution in [-0.2, 0) is 0 Å². The predicted molar refractivity (Wildman–Crippen MR) is 119 cm³/mol. The molecule has 30 heavy (non-hydrogen) atoms. The summed E-state index contributed by atoms with van der Waals surface area (Å²) >= 11 is 3.46. The van der Waals surface area contributed by atoms with E-state index < -0.39 is 10.8 Å². The van der Waals surface area contributed by atoms with Gasteiger partial charge in [-0.2, -0.15) is 0 Å². The summed E-state index contributed by atoms with van der Waals surface area (Å²) in [5, 5.41) is 13.0. The summed E-state index contributed by atoms with van der Waals surface area (Å²) in [5.74, 6) is -0.822. The van der Waals surface area contributed by atoms with Gasteiger partial charge in [-0.1, -0.05) is 53.5 Å². The molecule has 0 bridgehead atoms. The van der Waals surface area contributed by atoms with Gasteiger partial charge in [0.2, 0.25) is 0 Å². The van der Waals surface area contributed by atoms with Gasteiger partial charge in [0, 0.05) is 28.0 Å². The lowest BCUT2D eigenvalue weighted by atomic mass is 9.87. The Hall–Kier alpha value is -3.06. The summed E-state index contributed by atoms with van der Waals surface area (Å²) in [5.41, 5.74) is 2.48. The minimum Gasteiger partial charge on any atom is -0.274 e. The highest BCUT2D eigenvalue weighted by atomic mass is 79.9. The minimum absolute atomic E-state index is 0.144. The number of imide groups is 1. The summed E-state index contributed by atoms with van der Waals surface area (Å²) in [6.07, 6.45) is 1.51. The molecule has 0 spiro atoms. The van der Waals surface area contributed by atoms with Gasteiger partial charge in [-0.05, 0) is 42.0 Å². The third-order valence-electron chi connectivity index (χ3n) is 5.47. The van der Waals surface area contributed by atoms with Crippen LogP contribution >= 0.6 is 15.9 Å². The van der Waals surface area contributed by atoms with E-state index in [1.165, 1.54) is 11.0 Å². The Morgan fingerprint density at radius 3 is 2.47 bits per heavy atom. The zero-order valence-electron chi connectivity index (χ0n) is 16.6. The molecular formula is C23H19BrN2O4. The first-order chi connectivity index (χ1) is 14.3. The van der Waals surface area contributed by atoms with Gasteiger partial charge in [-0.15, -0.1) is 0 Å². The average Bonchev–Trinajstić information content (AvgIpc) is 2.73. The van der Waals surface area contributed by atoms with Gasteiger partial charge in [0.1, 0.15) is 0 Å². The van der Waals surface area contributed by atoms with Crippen LogP contribution in [0.4, 0.5) is 5.69 Å². The Balaban J connectivity index is 2.06. The Labute approximate surface area is 181 Å². The maximum absolute atomic E-state index is 13.1. The van der Waals surface area contributed by atoms with Gasteiger partial charge in [0.25, 0.3) is 17.5 Å². The van der Waals surface area contributed by atoms with Crippen molar-refractivity contribution >= 4 is 44.2 Å². The van der Waals surface area contributed by atoms with Crippen LogP contribution in [0.2, 0.25) is 0 Å². The van der Waals surface area contributed by atoms with Crippen molar-refractivity contribution < 1.29 is 14.5 Å². The number of aryl methyl sites for hydroxylation is 1. The van der Waals surface area contributed by atoms with Crippen molar-refractivity contribution in [2.45, 2.75) is 26.7 Å². The van der Waals surface area contributed by atoms with E-state index in [9.17, 15) is 19.7 Å². The Morgan fingerprint density at radius 2 is 1.80 bits per heavy atom. The highest BCUT2D eigenvalue weighted by molar-refractivity contribution is 9.10. The number of rotatable bonds is 5. The van der Waals surface area contributed by atoms with E-state index in [1.807, 2.05) is 26.0 Å². The van der Waals surface area contributed by atoms with E-state index >= 15 is 0 Å². The number of amides is 2. The molecular weight excluding hydrogens is 448 g/mol. The number of nitrogens with zero attached hydrogens (tertiary/aromatic N) is 2. The molecule has 1 aliphatic heterocycles. The quantitative estimate of drug-likeness (QED) is 0.267. The lowest BCUT2D eigenvalue weighted by Gasteiger charge is -2.27. The summed E-state index contributed by atoms with van der Waals surface area (Å²) in [6.45, 7) is 4.18. The Morgan fingerprint density at radius 1 is 1.07 bits per heavy atom. The largest absolute Gasteiger partial charge is 0.278 e. The van der Waals surface area contributed by atoms with Crippen LogP contribution in [0.15, 0.2) is 46.9 Å². The Bertz CT molecular complexity index is 1240. The number of hydrogen-bond donors (Lipinski definition) is 0. The van der Waals surface area contributed by atoms with E-state index in [4.69, 9.17) is 0 Å². The molecule has 6 nitrogen and oxygen atoms in total. The number of halogens is 1. The maximum Gasteiger partial charge on any atom is 0.278 e. The topological polar surface area (TPSA) is 80.5 Å². The van der Waals surface area contributed by atoms with Crippen LogP contribution in [0.1, 0.15) is 46.0 Å². The third kappa shape index (κ3) is 3.10. The van der Waals surface area contributed by atoms with Crippen molar-refractivity contribution in [1.82, 2.24) is 4.90 Å². The molecule has 0 aliphatic carbocycles. The normalized spacial score (nSPS) is 13.2. The highest BCUT2D eigenvalue weighted by Gasteiger charge is 2.35. The van der Waals surface area contributed by atoms with Gasteiger partial charge in [0.05, 0.1) is 16.1 Å². The second-order valence-corrected chi connectivity index (χ2v) is 8.24. The van der Waals surface area contributed by atoms with Crippen LogP contribution in [0.25, 0.3) is 21.9 Å². The fourth-order valence-electron chi connectivity index (χ4n) is 3.97. The van der Waals surface area contributed by atoms with E-state index in [-0.39, 0.29) is 17.2 Å². The molecule has 3 aromatic rings. The first kappa shape index (κ1) is 20.2. The standard InChI is InChI=1S/C23H19BrN2O4/c1-3-4-10-25-22(27)16-7-5-6-15-20(14-8-9-18(24)13(2)11-14)19(26(29)30)12-17(21(15)16)23(25)28/h5-9,11-12H,3-4,10H2,1-2H3. The number of nitro benzene ring substituents is 1. The highest BCUT2D eigenvalue weighted by Crippen LogP contribution is 2.43. The molecule has 1 aliphatic rings. The zero-order valence-corrected chi connectivity index (χ0v) is 18.2. The number of hydrogen-bond acceptors (Lipinski definition) is 4. The summed E-state index contributed by atoms with van der Waals surface area (Å²) in [4.78, 5) is 38.9. The van der Waals surface area contributed by atoms with Crippen LogP contribution in [-0.4, -0.2) is 28.2 Å². The number of benzene rings is 3. The van der Waals surface area contributed by atoms with Crippen molar-refractivity contribution in [3.8, 4) is 11.1 Å². The van der Waals surface area contributed by atoms with Gasteiger partial charge < -0.3 is 0 Å². The predicted octanol–water partition coefficient (Wildman–Crippen LogP) is 5.88. The van der Waals surface area contributed by atoms with Crippen LogP contribution in [0.3, 0.4) is 0 Å². The molecule has 0 atom stereocenters. The monoisotopic (exact) mass is 466 g/mol. The van der Waals surface area contributed by atoms with Gasteiger partial charge >= 0.3 is 0 Å². The minimum atomic E-state index is -0.473. The first-order valence-electron chi connectivity index (χ1n) is 9.72. The molecule has 0 unspecified atom stereocenters. The van der Waals surface area contributed by atoms with Crippen LogP contribution in [0.5, 0.6) is 0 Å². The Kier molecular flexibility index (Phi) is 5.15. The number of unbranched alkanes of at least 4 members (excludes halogenated alkanes) is 1. The molecule has 7 heteroatoms. The van der Waals surface area contributed by atoms with E-state index in [0.717, 1.165) is 16.5 Å². The molecule has 0 fully saturated rings. The number of carbonyl (C=O) groups is 2. The van der Waals surface area contributed by atoms with Gasteiger partial charge in [-0.25, -0.2) is 0 Å². The second kappa shape index (κ2) is 7.65. The molecule has 152 valence electrons. The van der Waals surface area contributed by atoms with Gasteiger partial charge in [0.15, 0.2) is 0 Å². The summed E-state index contributed by atoms with van der Waals surface area (Å²) < 4.78 is 0.897. The lowest BCUT2D eigenvalue weighted by Crippen LogP contribution is -2.40. The van der Waals surface area contributed by atoms with E-state index in [2.05, 4.69) is 15.9 Å². The van der Waals surface area contributed by atoms with E-state index in [1.54, 1.807) is 24.3 Å². The number of nitro groups is 1. The van der Waals surface area contributed by atoms with Crippen molar-refractivity contribution in [3.05, 3.63) is 73.7 Å². The lowest BCUT2D eigenvalue weighted by molar-refractivity contribution is -0.384. The van der Waals surface area contributed by atoms with Crippen molar-refractivity contribution in [2.24, 2.45) is 0 Å². The summed E-state index contributed by atoms with van der Waals surface area (Å²) in [7, 11) is 0. The molecule has 0 aromatic heterocycles. The van der Waals surface area contributed by atoms with Crippen LogP contribution in [0, 0.1) is 17.0 Å². The van der Waals surface area contributed by atoms with Crippen LogP contribution < -0.4 is 0 Å². The zero-order chi connectivity index (χ0) is 21.6. The maximum atomic E-state index is 13.1. The van der Waals surface area contributed by atoms with Crippen molar-refractivity contribution in [2.75, 3.05) is 6.54 Å². The first-order valence-corrected chi connectivity index (χ1v) is 10.5.